The molecular weight excluding hydrogens is 382 g/mol. The van der Waals surface area contributed by atoms with Crippen LogP contribution in [0.15, 0.2) is 101 Å². The molecule has 3 aromatic rings. The number of rotatable bonds is 6. The predicted octanol–water partition coefficient (Wildman–Crippen LogP) is 4.95. The van der Waals surface area contributed by atoms with E-state index in [2.05, 4.69) is 5.32 Å². The Morgan fingerprint density at radius 3 is 1.96 bits per heavy atom. The molecule has 3 rings (SSSR count). The van der Waals surface area contributed by atoms with Crippen LogP contribution in [0.25, 0.3) is 0 Å². The number of para-hydroxylation sites is 1. The first-order valence-corrected chi connectivity index (χ1v) is 9.97. The average molecular weight is 398 g/mol. The van der Waals surface area contributed by atoms with E-state index in [-0.39, 0.29) is 15.4 Å². The van der Waals surface area contributed by atoms with Crippen LogP contribution in [-0.4, -0.2) is 14.2 Å². The normalized spacial score (nSPS) is 11.8. The Morgan fingerprint density at radius 1 is 0.815 bits per heavy atom. The van der Waals surface area contributed by atoms with Gasteiger partial charge in [-0.05, 0) is 48.5 Å². The van der Waals surface area contributed by atoms with Crippen LogP contribution in [0.1, 0.15) is 10.4 Å². The lowest BCUT2D eigenvalue weighted by Gasteiger charge is -2.10. The molecule has 0 aliphatic heterocycles. The summed E-state index contributed by atoms with van der Waals surface area (Å²) in [6.45, 7) is 0. The molecule has 0 spiro atoms. The van der Waals surface area contributed by atoms with Gasteiger partial charge in [0.25, 0.3) is 0 Å². The summed E-state index contributed by atoms with van der Waals surface area (Å²) in [5.41, 5.74) is 0.905. The van der Waals surface area contributed by atoms with Gasteiger partial charge < -0.3 is 5.32 Å². The monoisotopic (exact) mass is 397 g/mol. The van der Waals surface area contributed by atoms with Crippen molar-refractivity contribution in [1.29, 1.82) is 0 Å². The molecule has 0 aliphatic carbocycles. The molecule has 0 fully saturated rings. The van der Waals surface area contributed by atoms with Crippen molar-refractivity contribution in [1.82, 2.24) is 0 Å². The number of sulfone groups is 1. The quantitative estimate of drug-likeness (QED) is 0.472. The molecule has 0 radical (unpaired) electrons. The van der Waals surface area contributed by atoms with Gasteiger partial charge in [-0.15, -0.1) is 0 Å². The van der Waals surface area contributed by atoms with Crippen LogP contribution < -0.4 is 5.32 Å². The van der Waals surface area contributed by atoms with Crippen LogP contribution in [0, 0.1) is 0 Å². The van der Waals surface area contributed by atoms with Crippen molar-refractivity contribution in [2.75, 3.05) is 5.32 Å². The number of allylic oxidation sites excluding steroid dienone is 1. The first kappa shape index (κ1) is 18.9. The molecule has 0 heterocycles. The van der Waals surface area contributed by atoms with Gasteiger partial charge in [0.15, 0.2) is 0 Å². The highest BCUT2D eigenvalue weighted by Gasteiger charge is 2.28. The van der Waals surface area contributed by atoms with Crippen LogP contribution in [0.5, 0.6) is 0 Å². The van der Waals surface area contributed by atoms with E-state index in [0.29, 0.717) is 10.7 Å². The molecule has 0 aromatic heterocycles. The maximum absolute atomic E-state index is 13.1. The maximum atomic E-state index is 13.1. The fourth-order valence-corrected chi connectivity index (χ4v) is 3.89. The van der Waals surface area contributed by atoms with Gasteiger partial charge in [0, 0.05) is 22.5 Å². The second kappa shape index (κ2) is 8.20. The first-order valence-electron chi connectivity index (χ1n) is 8.10. The van der Waals surface area contributed by atoms with Gasteiger partial charge in [-0.1, -0.05) is 48.0 Å². The number of carbonyl (C=O) groups is 1. The lowest BCUT2D eigenvalue weighted by molar-refractivity contribution is 0.104. The summed E-state index contributed by atoms with van der Waals surface area (Å²) in [6.07, 6.45) is 1.23. The molecule has 0 bridgehead atoms. The SMILES string of the molecule is O=C(/C(=C\Nc1ccccc1)S(=O)(=O)c1ccccc1)c1ccc(Cl)cc1. The number of halogens is 1. The van der Waals surface area contributed by atoms with E-state index in [1.54, 1.807) is 42.5 Å². The van der Waals surface area contributed by atoms with Crippen LogP contribution in [0.4, 0.5) is 5.69 Å². The van der Waals surface area contributed by atoms with Crippen molar-refractivity contribution in [3.8, 4) is 0 Å². The number of anilines is 1. The molecule has 0 atom stereocenters. The van der Waals surface area contributed by atoms with Crippen LogP contribution in [0.3, 0.4) is 0 Å². The lowest BCUT2D eigenvalue weighted by Crippen LogP contribution is -2.16. The Labute approximate surface area is 163 Å². The van der Waals surface area contributed by atoms with Gasteiger partial charge >= 0.3 is 0 Å². The predicted molar refractivity (Wildman–Crippen MR) is 108 cm³/mol. The molecule has 0 saturated carbocycles. The number of hydrogen-bond donors (Lipinski definition) is 1. The van der Waals surface area contributed by atoms with Gasteiger partial charge in [0.2, 0.25) is 15.6 Å². The number of benzene rings is 3. The highest BCUT2D eigenvalue weighted by Crippen LogP contribution is 2.24. The molecule has 27 heavy (non-hydrogen) atoms. The Bertz CT molecular complexity index is 1060. The van der Waals surface area contributed by atoms with E-state index in [0.717, 1.165) is 0 Å². The van der Waals surface area contributed by atoms with Crippen molar-refractivity contribution < 1.29 is 13.2 Å². The minimum Gasteiger partial charge on any atom is -0.360 e. The molecule has 0 saturated heterocycles. The smallest absolute Gasteiger partial charge is 0.211 e. The third-order valence-corrected chi connectivity index (χ3v) is 5.84. The summed E-state index contributed by atoms with van der Waals surface area (Å²) >= 11 is 5.87. The summed E-state index contributed by atoms with van der Waals surface area (Å²) in [5, 5.41) is 3.36. The van der Waals surface area contributed by atoms with E-state index >= 15 is 0 Å². The molecule has 0 unspecified atom stereocenters. The third-order valence-electron chi connectivity index (χ3n) is 3.82. The highest BCUT2D eigenvalue weighted by atomic mass is 35.5. The highest BCUT2D eigenvalue weighted by molar-refractivity contribution is 7.96. The number of Topliss-reactive ketones (excluding diaryl/α,β-unsaturated/α-hetero) is 1. The molecular formula is C21H16ClNO3S. The molecule has 0 aliphatic rings. The molecule has 3 aromatic carbocycles. The summed E-state index contributed by atoms with van der Waals surface area (Å²) in [6, 6.07) is 23.0. The molecule has 136 valence electrons. The summed E-state index contributed by atoms with van der Waals surface area (Å²) in [7, 11) is -4.01. The Balaban J connectivity index is 2.06. The van der Waals surface area contributed by atoms with E-state index in [1.165, 1.54) is 30.5 Å². The minimum atomic E-state index is -4.01. The summed E-state index contributed by atoms with van der Waals surface area (Å²) < 4.78 is 26.2. The van der Waals surface area contributed by atoms with Gasteiger partial charge in [0.05, 0.1) is 4.90 Å². The number of nitrogens with one attached hydrogen (secondary N) is 1. The van der Waals surface area contributed by atoms with E-state index < -0.39 is 15.6 Å². The Kier molecular flexibility index (Phi) is 5.74. The summed E-state index contributed by atoms with van der Waals surface area (Å²) in [4.78, 5) is 12.7. The Hall–Kier alpha value is -2.89. The molecule has 4 nitrogen and oxygen atoms in total. The number of hydrogen-bond acceptors (Lipinski definition) is 4. The van der Waals surface area contributed by atoms with Gasteiger partial charge in [-0.25, -0.2) is 8.42 Å². The van der Waals surface area contributed by atoms with Gasteiger partial charge in [-0.2, -0.15) is 0 Å². The van der Waals surface area contributed by atoms with E-state index in [1.807, 2.05) is 18.2 Å². The average Bonchev–Trinajstić information content (AvgIpc) is 2.70. The maximum Gasteiger partial charge on any atom is 0.211 e. The van der Waals surface area contributed by atoms with Crippen molar-refractivity contribution in [2.24, 2.45) is 0 Å². The van der Waals surface area contributed by atoms with Crippen molar-refractivity contribution in [2.45, 2.75) is 4.90 Å². The van der Waals surface area contributed by atoms with Crippen LogP contribution in [-0.2, 0) is 9.84 Å². The van der Waals surface area contributed by atoms with E-state index in [9.17, 15) is 13.2 Å². The standard InChI is InChI=1S/C21H16ClNO3S/c22-17-13-11-16(12-14-17)21(24)20(15-23-18-7-3-1-4-8-18)27(25,26)19-9-5-2-6-10-19/h1-15,23H/b20-15+. The zero-order chi connectivity index (χ0) is 19.3. The summed E-state index contributed by atoms with van der Waals surface area (Å²) in [5.74, 6) is -0.612. The fourth-order valence-electron chi connectivity index (χ4n) is 2.42. The van der Waals surface area contributed by atoms with Crippen molar-refractivity contribution >= 4 is 32.9 Å². The molecule has 6 heteroatoms. The zero-order valence-corrected chi connectivity index (χ0v) is 15.7. The van der Waals surface area contributed by atoms with Crippen molar-refractivity contribution in [3.63, 3.8) is 0 Å². The zero-order valence-electron chi connectivity index (χ0n) is 14.2. The van der Waals surface area contributed by atoms with Gasteiger partial charge in [0.1, 0.15) is 4.91 Å². The van der Waals surface area contributed by atoms with Gasteiger partial charge in [-0.3, -0.25) is 4.79 Å². The lowest BCUT2D eigenvalue weighted by atomic mass is 10.1. The third kappa shape index (κ3) is 4.45. The molecule has 0 amide bonds. The van der Waals surface area contributed by atoms with Crippen LogP contribution >= 0.6 is 11.6 Å². The minimum absolute atomic E-state index is 0.0495. The van der Waals surface area contributed by atoms with Crippen LogP contribution in [0.2, 0.25) is 5.02 Å². The molecule has 1 N–H and O–H groups in total. The Morgan fingerprint density at radius 2 is 1.37 bits per heavy atom. The van der Waals surface area contributed by atoms with Crippen molar-refractivity contribution in [3.05, 3.63) is 107 Å². The van der Waals surface area contributed by atoms with E-state index in [4.69, 9.17) is 11.6 Å². The number of ketones is 1. The first-order chi connectivity index (χ1) is 13.0. The second-order valence-corrected chi connectivity index (χ2v) is 8.03. The number of carbonyl (C=O) groups excluding carboxylic acids is 1. The largest absolute Gasteiger partial charge is 0.360 e. The second-order valence-electron chi connectivity index (χ2n) is 5.67. The fraction of sp³-hybridized carbons (Fsp3) is 0. The topological polar surface area (TPSA) is 63.2 Å².